The van der Waals surface area contributed by atoms with Crippen molar-refractivity contribution in [1.82, 2.24) is 5.32 Å². The van der Waals surface area contributed by atoms with E-state index in [0.717, 1.165) is 19.3 Å². The smallest absolute Gasteiger partial charge is 0.227 e. The van der Waals surface area contributed by atoms with Gasteiger partial charge in [0.25, 0.3) is 0 Å². The van der Waals surface area contributed by atoms with E-state index >= 15 is 0 Å². The molecule has 100 valence electrons. The number of aliphatic hydroxyl groups excluding tert-OH is 1. The lowest BCUT2D eigenvalue weighted by atomic mass is 9.84. The van der Waals surface area contributed by atoms with Crippen LogP contribution < -0.4 is 11.1 Å². The number of hydrogen-bond donors (Lipinski definition) is 3. The first-order valence-corrected chi connectivity index (χ1v) is 6.58. The number of nitrogens with one attached hydrogen (secondary N) is 1. The highest BCUT2D eigenvalue weighted by molar-refractivity contribution is 5.83. The van der Waals surface area contributed by atoms with Gasteiger partial charge >= 0.3 is 0 Å². The molecule has 4 heteroatoms. The third-order valence-corrected chi connectivity index (χ3v) is 3.79. The summed E-state index contributed by atoms with van der Waals surface area (Å²) < 4.78 is 0. The molecule has 0 saturated heterocycles. The number of aliphatic hydroxyl groups is 1. The van der Waals surface area contributed by atoms with E-state index in [1.165, 1.54) is 0 Å². The molecular weight excluding hydrogens is 216 g/mol. The van der Waals surface area contributed by atoms with Crippen LogP contribution in [0.1, 0.15) is 46.5 Å². The molecule has 1 amide bonds. The molecule has 1 aliphatic rings. The molecular formula is C13H26N2O2. The molecule has 1 aliphatic carbocycles. The number of carbonyl (C=O) groups is 1. The predicted molar refractivity (Wildman–Crippen MR) is 68.4 cm³/mol. The fourth-order valence-corrected chi connectivity index (χ4v) is 2.51. The summed E-state index contributed by atoms with van der Waals surface area (Å²) in [7, 11) is 0. The summed E-state index contributed by atoms with van der Waals surface area (Å²) in [4.78, 5) is 12.1. The number of amides is 1. The Bertz CT molecular complexity index is 268. The third kappa shape index (κ3) is 3.68. The molecule has 17 heavy (non-hydrogen) atoms. The standard InChI is InChI=1S/C13H26N2O2/c1-9(2)7-10(16)8-15-12(17)13(3)6-4-5-11(13)14/h9-11,16H,4-8,14H2,1-3H3,(H,15,17). The fourth-order valence-electron chi connectivity index (χ4n) is 2.51. The molecule has 4 nitrogen and oxygen atoms in total. The van der Waals surface area contributed by atoms with Crippen LogP contribution in [-0.4, -0.2) is 29.7 Å². The zero-order valence-electron chi connectivity index (χ0n) is 11.2. The minimum atomic E-state index is -0.458. The van der Waals surface area contributed by atoms with Crippen LogP contribution in [0.25, 0.3) is 0 Å². The normalized spacial score (nSPS) is 30.6. The Morgan fingerprint density at radius 2 is 2.24 bits per heavy atom. The zero-order chi connectivity index (χ0) is 13.1. The summed E-state index contributed by atoms with van der Waals surface area (Å²) in [6.07, 6.45) is 3.03. The van der Waals surface area contributed by atoms with Crippen molar-refractivity contribution in [3.63, 3.8) is 0 Å². The number of hydrogen-bond acceptors (Lipinski definition) is 3. The quantitative estimate of drug-likeness (QED) is 0.674. The average molecular weight is 242 g/mol. The van der Waals surface area contributed by atoms with Crippen LogP contribution in [0.5, 0.6) is 0 Å². The largest absolute Gasteiger partial charge is 0.391 e. The van der Waals surface area contributed by atoms with Crippen molar-refractivity contribution < 1.29 is 9.90 Å². The van der Waals surface area contributed by atoms with Crippen LogP contribution in [0.4, 0.5) is 0 Å². The predicted octanol–water partition coefficient (Wildman–Crippen LogP) is 1.03. The lowest BCUT2D eigenvalue weighted by Gasteiger charge is -2.28. The summed E-state index contributed by atoms with van der Waals surface area (Å²) >= 11 is 0. The van der Waals surface area contributed by atoms with Crippen LogP contribution in [0, 0.1) is 11.3 Å². The molecule has 0 aliphatic heterocycles. The molecule has 0 bridgehead atoms. The monoisotopic (exact) mass is 242 g/mol. The molecule has 1 fully saturated rings. The van der Waals surface area contributed by atoms with Crippen molar-refractivity contribution in [2.75, 3.05) is 6.54 Å². The Morgan fingerprint density at radius 3 is 2.71 bits per heavy atom. The van der Waals surface area contributed by atoms with E-state index in [1.807, 2.05) is 6.92 Å². The number of nitrogens with two attached hydrogens (primary N) is 1. The van der Waals surface area contributed by atoms with Gasteiger partial charge in [-0.2, -0.15) is 0 Å². The van der Waals surface area contributed by atoms with Gasteiger partial charge in [-0.15, -0.1) is 0 Å². The van der Waals surface area contributed by atoms with Gasteiger partial charge in [0.05, 0.1) is 11.5 Å². The summed E-state index contributed by atoms with van der Waals surface area (Å²) in [5.74, 6) is 0.427. The highest BCUT2D eigenvalue weighted by atomic mass is 16.3. The number of carbonyl (C=O) groups excluding carboxylic acids is 1. The van der Waals surface area contributed by atoms with E-state index in [4.69, 9.17) is 5.73 Å². The molecule has 1 saturated carbocycles. The molecule has 4 N–H and O–H groups in total. The van der Waals surface area contributed by atoms with Crippen LogP contribution in [0.2, 0.25) is 0 Å². The van der Waals surface area contributed by atoms with Crippen molar-refractivity contribution in [1.29, 1.82) is 0 Å². The summed E-state index contributed by atoms with van der Waals surface area (Å²) in [5, 5.41) is 12.5. The van der Waals surface area contributed by atoms with E-state index in [1.54, 1.807) is 0 Å². The Kier molecular flexibility index (Phi) is 4.95. The highest BCUT2D eigenvalue weighted by Gasteiger charge is 2.42. The summed E-state index contributed by atoms with van der Waals surface area (Å²) in [6.45, 7) is 6.37. The van der Waals surface area contributed by atoms with Crippen LogP contribution in [0.15, 0.2) is 0 Å². The first-order valence-electron chi connectivity index (χ1n) is 6.58. The number of rotatable bonds is 5. The molecule has 0 aromatic heterocycles. The molecule has 0 radical (unpaired) electrons. The highest BCUT2D eigenvalue weighted by Crippen LogP contribution is 2.36. The minimum absolute atomic E-state index is 0.00898. The van der Waals surface area contributed by atoms with Gasteiger partial charge in [-0.3, -0.25) is 4.79 Å². The second kappa shape index (κ2) is 5.83. The average Bonchev–Trinajstić information content (AvgIpc) is 2.56. The van der Waals surface area contributed by atoms with E-state index in [-0.39, 0.29) is 11.9 Å². The van der Waals surface area contributed by atoms with Gasteiger partial charge in [0.1, 0.15) is 0 Å². The lowest BCUT2D eigenvalue weighted by Crippen LogP contribution is -2.49. The maximum atomic E-state index is 12.1. The van der Waals surface area contributed by atoms with E-state index in [9.17, 15) is 9.90 Å². The van der Waals surface area contributed by atoms with Gasteiger partial charge < -0.3 is 16.2 Å². The van der Waals surface area contributed by atoms with Crippen molar-refractivity contribution in [2.24, 2.45) is 17.1 Å². The van der Waals surface area contributed by atoms with Crippen molar-refractivity contribution in [2.45, 2.75) is 58.6 Å². The molecule has 0 aromatic carbocycles. The topological polar surface area (TPSA) is 75.3 Å². The van der Waals surface area contributed by atoms with Crippen LogP contribution in [-0.2, 0) is 4.79 Å². The van der Waals surface area contributed by atoms with Crippen molar-refractivity contribution in [3.8, 4) is 0 Å². The first kappa shape index (κ1) is 14.5. The Hall–Kier alpha value is -0.610. The molecule has 3 atom stereocenters. The van der Waals surface area contributed by atoms with Crippen LogP contribution in [0.3, 0.4) is 0 Å². The Balaban J connectivity index is 2.39. The Labute approximate surface area is 104 Å². The SMILES string of the molecule is CC(C)CC(O)CNC(=O)C1(C)CCCC1N. The van der Waals surface area contributed by atoms with Gasteiger partial charge in [-0.1, -0.05) is 20.3 Å². The summed E-state index contributed by atoms with van der Waals surface area (Å²) in [6, 6.07) is -0.0512. The molecule has 1 rings (SSSR count). The maximum Gasteiger partial charge on any atom is 0.227 e. The van der Waals surface area contributed by atoms with E-state index in [2.05, 4.69) is 19.2 Å². The molecule has 0 spiro atoms. The molecule has 3 unspecified atom stereocenters. The van der Waals surface area contributed by atoms with Gasteiger partial charge in [0.15, 0.2) is 0 Å². The zero-order valence-corrected chi connectivity index (χ0v) is 11.2. The first-order chi connectivity index (χ1) is 7.86. The minimum Gasteiger partial charge on any atom is -0.391 e. The van der Waals surface area contributed by atoms with Crippen LogP contribution >= 0.6 is 0 Å². The second-order valence-electron chi connectivity index (χ2n) is 5.91. The van der Waals surface area contributed by atoms with Gasteiger partial charge in [-0.05, 0) is 32.1 Å². The summed E-state index contributed by atoms with van der Waals surface area (Å²) in [5.41, 5.74) is 5.53. The van der Waals surface area contributed by atoms with Crippen molar-refractivity contribution >= 4 is 5.91 Å². The maximum absolute atomic E-state index is 12.1. The lowest BCUT2D eigenvalue weighted by molar-refractivity contribution is -0.131. The van der Waals surface area contributed by atoms with Crippen molar-refractivity contribution in [3.05, 3.63) is 0 Å². The Morgan fingerprint density at radius 1 is 1.59 bits per heavy atom. The third-order valence-electron chi connectivity index (χ3n) is 3.79. The van der Waals surface area contributed by atoms with Gasteiger partial charge in [0.2, 0.25) is 5.91 Å². The fraction of sp³-hybridized carbons (Fsp3) is 0.923. The molecule has 0 aromatic rings. The van der Waals surface area contributed by atoms with E-state index < -0.39 is 11.5 Å². The van der Waals surface area contributed by atoms with Gasteiger partial charge in [-0.25, -0.2) is 0 Å². The van der Waals surface area contributed by atoms with Gasteiger partial charge in [0, 0.05) is 12.6 Å². The second-order valence-corrected chi connectivity index (χ2v) is 5.91. The molecule has 0 heterocycles. The van der Waals surface area contributed by atoms with E-state index in [0.29, 0.717) is 18.9 Å².